The maximum absolute atomic E-state index is 13.0. The van der Waals surface area contributed by atoms with Gasteiger partial charge in [0, 0.05) is 7.05 Å². The van der Waals surface area contributed by atoms with E-state index >= 15 is 0 Å². The number of carbonyl (C=O) groups is 1. The minimum Gasteiger partial charge on any atom is -0.289 e. The van der Waals surface area contributed by atoms with Crippen molar-refractivity contribution in [1.82, 2.24) is 34.7 Å². The molecule has 9 nitrogen and oxygen atoms in total. The molecule has 0 bridgehead atoms. The smallest absolute Gasteiger partial charge is 0.289 e. The molecule has 3 aromatic rings. The van der Waals surface area contributed by atoms with Gasteiger partial charge >= 0.3 is 6.18 Å². The highest BCUT2D eigenvalue weighted by atomic mass is 35.5. The molecule has 3 rings (SSSR count). The van der Waals surface area contributed by atoms with Crippen molar-refractivity contribution in [3.05, 3.63) is 40.0 Å². The fourth-order valence-electron chi connectivity index (χ4n) is 1.93. The van der Waals surface area contributed by atoms with Gasteiger partial charge < -0.3 is 0 Å². The zero-order chi connectivity index (χ0) is 19.1. The number of rotatable bonds is 3. The van der Waals surface area contributed by atoms with E-state index < -0.39 is 23.6 Å². The van der Waals surface area contributed by atoms with Gasteiger partial charge in [-0.2, -0.15) is 13.2 Å². The number of anilines is 1. The summed E-state index contributed by atoms with van der Waals surface area (Å²) in [5.41, 5.74) is -1.44. The number of nitrogens with zero attached hydrogens (tertiary/aromatic N) is 7. The quantitative estimate of drug-likeness (QED) is 0.715. The number of imidazole rings is 1. The lowest BCUT2D eigenvalue weighted by Crippen LogP contribution is -2.20. The van der Waals surface area contributed by atoms with Crippen LogP contribution in [-0.4, -0.2) is 40.6 Å². The molecular formula is C12H7Cl2F3N8O. The van der Waals surface area contributed by atoms with Crippen molar-refractivity contribution in [2.24, 2.45) is 7.05 Å². The molecule has 0 spiro atoms. The Labute approximate surface area is 152 Å². The van der Waals surface area contributed by atoms with E-state index in [1.807, 2.05) is 0 Å². The lowest BCUT2D eigenvalue weighted by atomic mass is 10.2. The molecule has 3 heterocycles. The van der Waals surface area contributed by atoms with E-state index in [0.29, 0.717) is 6.07 Å². The number of hydrogen-bond acceptors (Lipinski definition) is 6. The zero-order valence-corrected chi connectivity index (χ0v) is 14.2. The number of carbonyl (C=O) groups excluding carboxylic acids is 1. The highest BCUT2D eigenvalue weighted by Gasteiger charge is 2.34. The number of aryl methyl sites for hydroxylation is 1. The van der Waals surface area contributed by atoms with Crippen molar-refractivity contribution in [1.29, 1.82) is 0 Å². The molecule has 0 aromatic carbocycles. The van der Waals surface area contributed by atoms with Crippen molar-refractivity contribution >= 4 is 35.1 Å². The first-order valence-corrected chi connectivity index (χ1v) is 7.44. The largest absolute Gasteiger partial charge is 0.433 e. The second-order valence-electron chi connectivity index (χ2n) is 4.84. The Balaban J connectivity index is 2.11. The summed E-state index contributed by atoms with van der Waals surface area (Å²) in [5, 5.41) is 12.4. The van der Waals surface area contributed by atoms with Gasteiger partial charge in [0.05, 0.1) is 5.56 Å². The number of aromatic nitrogens is 7. The Bertz CT molecular complexity index is 983. The summed E-state index contributed by atoms with van der Waals surface area (Å²) in [7, 11) is 1.47. The average Bonchev–Trinajstić information content (AvgIpc) is 3.12. The van der Waals surface area contributed by atoms with Crippen LogP contribution in [0.3, 0.4) is 0 Å². The summed E-state index contributed by atoms with van der Waals surface area (Å²) in [4.78, 5) is 19.7. The highest BCUT2D eigenvalue weighted by molar-refractivity contribution is 6.40. The number of alkyl halides is 3. The van der Waals surface area contributed by atoms with Gasteiger partial charge in [-0.25, -0.2) is 14.6 Å². The number of tetrazole rings is 1. The van der Waals surface area contributed by atoms with Crippen molar-refractivity contribution < 1.29 is 18.0 Å². The summed E-state index contributed by atoms with van der Waals surface area (Å²) in [6.07, 6.45) is -3.68. The van der Waals surface area contributed by atoms with Gasteiger partial charge in [0.25, 0.3) is 5.91 Å². The van der Waals surface area contributed by atoms with Crippen LogP contribution in [0.5, 0.6) is 0 Å². The van der Waals surface area contributed by atoms with Crippen LogP contribution in [0.1, 0.15) is 16.1 Å². The third-order valence-corrected chi connectivity index (χ3v) is 3.89. The van der Waals surface area contributed by atoms with Crippen LogP contribution in [0.4, 0.5) is 19.1 Å². The minimum absolute atomic E-state index is 0.0180. The fraction of sp³-hybridized carbons (Fsp3) is 0.167. The zero-order valence-electron chi connectivity index (χ0n) is 12.7. The molecule has 136 valence electrons. The Hall–Kier alpha value is -2.73. The number of halogens is 5. The molecule has 0 saturated carbocycles. The number of nitrogens with one attached hydrogen (secondary N) is 1. The van der Waals surface area contributed by atoms with Crippen LogP contribution in [-0.2, 0) is 13.2 Å². The fourth-order valence-corrected chi connectivity index (χ4v) is 2.24. The van der Waals surface area contributed by atoms with Crippen LogP contribution in [0.2, 0.25) is 10.3 Å². The van der Waals surface area contributed by atoms with Gasteiger partial charge in [0.15, 0.2) is 16.1 Å². The van der Waals surface area contributed by atoms with Crippen LogP contribution in [0, 0.1) is 0 Å². The number of hydrogen-bond donors (Lipinski definition) is 1. The molecule has 0 atom stereocenters. The molecule has 0 aliphatic rings. The monoisotopic (exact) mass is 406 g/mol. The van der Waals surface area contributed by atoms with Crippen molar-refractivity contribution in [3.63, 3.8) is 0 Å². The maximum Gasteiger partial charge on any atom is 0.433 e. The molecule has 1 N–H and O–H groups in total. The Kier molecular flexibility index (Phi) is 4.54. The summed E-state index contributed by atoms with van der Waals surface area (Å²) in [5.74, 6) is -1.23. The normalized spacial score (nSPS) is 11.6. The molecule has 26 heavy (non-hydrogen) atoms. The third kappa shape index (κ3) is 3.32. The molecule has 3 aromatic heterocycles. The first kappa shape index (κ1) is 18.1. The molecule has 0 saturated heterocycles. The van der Waals surface area contributed by atoms with Crippen LogP contribution in [0.15, 0.2) is 18.5 Å². The molecule has 0 unspecified atom stereocenters. The van der Waals surface area contributed by atoms with E-state index in [1.54, 1.807) is 0 Å². The van der Waals surface area contributed by atoms with Gasteiger partial charge in [-0.15, -0.1) is 0 Å². The number of pyridine rings is 1. The predicted molar refractivity (Wildman–Crippen MR) is 83.1 cm³/mol. The average molecular weight is 407 g/mol. The van der Waals surface area contributed by atoms with Crippen molar-refractivity contribution in [3.8, 4) is 5.82 Å². The SMILES string of the molecule is Cn1nnnc1NC(=O)c1ccc(C(F)(F)F)nc1-n1cnc(Cl)c1Cl. The van der Waals surface area contributed by atoms with Gasteiger partial charge in [-0.1, -0.05) is 28.3 Å². The molecule has 0 aliphatic heterocycles. The van der Waals surface area contributed by atoms with Crippen molar-refractivity contribution in [2.45, 2.75) is 6.18 Å². The summed E-state index contributed by atoms with van der Waals surface area (Å²) in [6, 6.07) is 1.62. The standard InChI is InChI=1S/C12H7Cl2F3N8O/c1-24-11(21-22-23-24)20-10(26)5-2-3-6(12(15,16)17)19-9(5)25-4-18-7(13)8(25)14/h2-4H,1H3,(H,20,21,23,26). The predicted octanol–water partition coefficient (Wildman–Crippen LogP) is 2.37. The first-order chi connectivity index (χ1) is 12.2. The topological polar surface area (TPSA) is 103 Å². The van der Waals surface area contributed by atoms with E-state index in [0.717, 1.165) is 21.6 Å². The Morgan fingerprint density at radius 1 is 1.27 bits per heavy atom. The second-order valence-corrected chi connectivity index (χ2v) is 5.56. The third-order valence-electron chi connectivity index (χ3n) is 3.15. The van der Waals surface area contributed by atoms with Crippen LogP contribution < -0.4 is 5.32 Å². The summed E-state index contributed by atoms with van der Waals surface area (Å²) < 4.78 is 41.1. The minimum atomic E-state index is -4.73. The lowest BCUT2D eigenvalue weighted by Gasteiger charge is -2.13. The molecule has 0 fully saturated rings. The molecule has 14 heteroatoms. The van der Waals surface area contributed by atoms with E-state index in [2.05, 4.69) is 30.8 Å². The van der Waals surface area contributed by atoms with Gasteiger partial charge in [0.1, 0.15) is 12.0 Å². The van der Waals surface area contributed by atoms with Crippen molar-refractivity contribution in [2.75, 3.05) is 5.32 Å². The Morgan fingerprint density at radius 3 is 2.54 bits per heavy atom. The second kappa shape index (κ2) is 6.53. The van der Waals surface area contributed by atoms with Gasteiger partial charge in [0.2, 0.25) is 5.95 Å². The molecule has 0 radical (unpaired) electrons. The lowest BCUT2D eigenvalue weighted by molar-refractivity contribution is -0.141. The highest BCUT2D eigenvalue weighted by Crippen LogP contribution is 2.31. The van der Waals surface area contributed by atoms with Crippen LogP contribution >= 0.6 is 23.2 Å². The maximum atomic E-state index is 13.0. The van der Waals surface area contributed by atoms with E-state index in [1.165, 1.54) is 7.05 Å². The number of amides is 1. The first-order valence-electron chi connectivity index (χ1n) is 6.69. The van der Waals surface area contributed by atoms with Gasteiger partial charge in [-0.05, 0) is 22.6 Å². The van der Waals surface area contributed by atoms with E-state index in [-0.39, 0.29) is 21.8 Å². The molecule has 1 amide bonds. The summed E-state index contributed by atoms with van der Waals surface area (Å²) in [6.45, 7) is 0. The molecular weight excluding hydrogens is 400 g/mol. The Morgan fingerprint density at radius 2 is 2.00 bits per heavy atom. The van der Waals surface area contributed by atoms with E-state index in [9.17, 15) is 18.0 Å². The van der Waals surface area contributed by atoms with Gasteiger partial charge in [-0.3, -0.25) is 14.7 Å². The van der Waals surface area contributed by atoms with E-state index in [4.69, 9.17) is 23.2 Å². The molecule has 0 aliphatic carbocycles. The van der Waals surface area contributed by atoms with Crippen LogP contribution in [0.25, 0.3) is 5.82 Å². The summed E-state index contributed by atoms with van der Waals surface area (Å²) >= 11 is 11.7.